The van der Waals surface area contributed by atoms with Gasteiger partial charge in [-0.05, 0) is 25.1 Å². The number of ketones is 1. The molecule has 0 saturated heterocycles. The first-order chi connectivity index (χ1) is 13.3. The second kappa shape index (κ2) is 8.09. The number of hydrogen-bond acceptors (Lipinski definition) is 4. The summed E-state index contributed by atoms with van der Waals surface area (Å²) in [5.41, 5.74) is -0.109. The van der Waals surface area contributed by atoms with Crippen molar-refractivity contribution in [2.24, 2.45) is 0 Å². The molecule has 0 fully saturated rings. The monoisotopic (exact) mass is 460 g/mol. The van der Waals surface area contributed by atoms with Crippen molar-refractivity contribution in [1.82, 2.24) is 9.55 Å². The van der Waals surface area contributed by atoms with Crippen molar-refractivity contribution in [1.29, 1.82) is 0 Å². The maximum absolute atomic E-state index is 13.0. The molecule has 0 unspecified atom stereocenters. The summed E-state index contributed by atoms with van der Waals surface area (Å²) < 4.78 is 6.20. The molecule has 2 aromatic heterocycles. The minimum atomic E-state index is -0.717. The third-order valence-electron chi connectivity index (χ3n) is 3.85. The number of ether oxygens (including phenoxy) is 1. The van der Waals surface area contributed by atoms with Crippen LogP contribution in [0, 0.1) is 0 Å². The van der Waals surface area contributed by atoms with Gasteiger partial charge >= 0.3 is 5.97 Å². The van der Waals surface area contributed by atoms with Crippen molar-refractivity contribution < 1.29 is 19.4 Å². The van der Waals surface area contributed by atoms with Crippen molar-refractivity contribution in [2.75, 3.05) is 6.61 Å². The van der Waals surface area contributed by atoms with Gasteiger partial charge in [-0.25, -0.2) is 4.79 Å². The molecule has 3 rings (SSSR count). The Kier molecular flexibility index (Phi) is 5.95. The van der Waals surface area contributed by atoms with Gasteiger partial charge in [0.2, 0.25) is 5.78 Å². The maximum atomic E-state index is 13.0. The highest BCUT2D eigenvalue weighted by molar-refractivity contribution is 6.45. The number of rotatable bonds is 5. The summed E-state index contributed by atoms with van der Waals surface area (Å²) in [7, 11) is 0. The lowest BCUT2D eigenvalue weighted by atomic mass is 10.1. The van der Waals surface area contributed by atoms with Gasteiger partial charge in [0.1, 0.15) is 32.5 Å². The van der Waals surface area contributed by atoms with Crippen molar-refractivity contribution in [3.8, 4) is 11.4 Å². The van der Waals surface area contributed by atoms with Crippen LogP contribution in [0.5, 0.6) is 5.75 Å². The van der Waals surface area contributed by atoms with Crippen LogP contribution in [0.25, 0.3) is 5.69 Å². The quantitative estimate of drug-likeness (QED) is 0.386. The van der Waals surface area contributed by atoms with E-state index in [0.717, 1.165) is 0 Å². The Morgan fingerprint density at radius 2 is 1.86 bits per heavy atom. The number of aromatic nitrogens is 2. The molecule has 6 nitrogen and oxygen atoms in total. The topological polar surface area (TPSA) is 84.3 Å². The number of carbonyl (C=O) groups is 2. The van der Waals surface area contributed by atoms with Crippen molar-refractivity contribution in [2.45, 2.75) is 6.92 Å². The highest BCUT2D eigenvalue weighted by Crippen LogP contribution is 2.39. The fourth-order valence-electron chi connectivity index (χ4n) is 2.64. The normalized spacial score (nSPS) is 10.9. The number of nitrogens with zero attached hydrogens (tertiary/aromatic N) is 1. The zero-order valence-corrected chi connectivity index (χ0v) is 17.2. The van der Waals surface area contributed by atoms with Crippen molar-refractivity contribution >= 4 is 58.2 Å². The van der Waals surface area contributed by atoms with E-state index >= 15 is 0 Å². The predicted molar refractivity (Wildman–Crippen MR) is 108 cm³/mol. The lowest BCUT2D eigenvalue weighted by molar-refractivity contribution is 0.0517. The summed E-state index contributed by atoms with van der Waals surface area (Å²) in [4.78, 5) is 28.1. The maximum Gasteiger partial charge on any atom is 0.355 e. The van der Waals surface area contributed by atoms with Gasteiger partial charge in [-0.1, -0.05) is 58.5 Å². The van der Waals surface area contributed by atoms with Gasteiger partial charge in [-0.15, -0.1) is 0 Å². The fourth-order valence-corrected chi connectivity index (χ4v) is 3.47. The average Bonchev–Trinajstić information content (AvgIpc) is 3.11. The largest absolute Gasteiger partial charge is 0.507 e. The first-order valence-electron chi connectivity index (χ1n) is 7.91. The average molecular weight is 462 g/mol. The fraction of sp³-hybridized carbons (Fsp3) is 0.111. The van der Waals surface area contributed by atoms with Gasteiger partial charge in [-0.2, -0.15) is 0 Å². The minimum absolute atomic E-state index is 0.00499. The number of carbonyl (C=O) groups excluding carboxylic acids is 2. The van der Waals surface area contributed by atoms with Gasteiger partial charge in [-0.3, -0.25) is 9.36 Å². The minimum Gasteiger partial charge on any atom is -0.507 e. The van der Waals surface area contributed by atoms with E-state index in [4.69, 9.17) is 51.1 Å². The molecule has 10 heteroatoms. The number of halogens is 4. The number of phenolic OH excluding ortho intramolecular Hbond substituents is 1. The van der Waals surface area contributed by atoms with E-state index in [2.05, 4.69) is 4.98 Å². The molecule has 0 bridgehead atoms. The summed E-state index contributed by atoms with van der Waals surface area (Å²) in [5, 5.41) is 9.91. The van der Waals surface area contributed by atoms with Crippen LogP contribution in [0.3, 0.4) is 0 Å². The molecule has 0 radical (unpaired) electrons. The van der Waals surface area contributed by atoms with E-state index in [1.807, 2.05) is 0 Å². The molecule has 0 aliphatic rings. The molecule has 0 saturated carbocycles. The highest BCUT2D eigenvalue weighted by atomic mass is 35.5. The molecule has 0 spiro atoms. The summed E-state index contributed by atoms with van der Waals surface area (Å²) >= 11 is 24.8. The van der Waals surface area contributed by atoms with E-state index in [1.165, 1.54) is 22.8 Å². The molecular formula is C18H12Cl4N2O4. The van der Waals surface area contributed by atoms with Crippen LogP contribution < -0.4 is 0 Å². The third kappa shape index (κ3) is 3.49. The summed E-state index contributed by atoms with van der Waals surface area (Å²) in [5.74, 6) is -1.56. The Hall–Kier alpha value is -2.12. The number of aromatic amines is 1. The molecular weight excluding hydrogens is 450 g/mol. The first-order valence-corrected chi connectivity index (χ1v) is 9.43. The van der Waals surface area contributed by atoms with Gasteiger partial charge in [0, 0.05) is 0 Å². The highest BCUT2D eigenvalue weighted by Gasteiger charge is 2.30. The van der Waals surface area contributed by atoms with Crippen LogP contribution in [-0.4, -0.2) is 33.0 Å². The first kappa shape index (κ1) is 20.6. The smallest absolute Gasteiger partial charge is 0.355 e. The second-order valence-electron chi connectivity index (χ2n) is 5.55. The van der Waals surface area contributed by atoms with Crippen LogP contribution in [0.4, 0.5) is 0 Å². The molecule has 3 aromatic rings. The van der Waals surface area contributed by atoms with E-state index in [9.17, 15) is 14.7 Å². The van der Waals surface area contributed by atoms with Crippen molar-refractivity contribution in [3.05, 3.63) is 67.6 Å². The Balaban J connectivity index is 2.27. The van der Waals surface area contributed by atoms with Crippen LogP contribution in [0.2, 0.25) is 20.4 Å². The molecule has 146 valence electrons. The summed E-state index contributed by atoms with van der Waals surface area (Å²) in [6.45, 7) is 1.76. The predicted octanol–water partition coefficient (Wildman–Crippen LogP) is 5.53. The molecule has 2 heterocycles. The number of esters is 1. The van der Waals surface area contributed by atoms with E-state index in [1.54, 1.807) is 19.1 Å². The molecule has 0 aliphatic heterocycles. The lowest BCUT2D eigenvalue weighted by Crippen LogP contribution is -2.14. The van der Waals surface area contributed by atoms with Gasteiger partial charge in [0.25, 0.3) is 0 Å². The number of aromatic hydroxyl groups is 1. The van der Waals surface area contributed by atoms with E-state index < -0.39 is 11.8 Å². The third-order valence-corrected chi connectivity index (χ3v) is 5.36. The molecule has 2 N–H and O–H groups in total. The van der Waals surface area contributed by atoms with Crippen LogP contribution >= 0.6 is 46.4 Å². The molecule has 28 heavy (non-hydrogen) atoms. The van der Waals surface area contributed by atoms with Gasteiger partial charge in [0.15, 0.2) is 0 Å². The lowest BCUT2D eigenvalue weighted by Gasteiger charge is -2.12. The molecule has 1 aromatic carbocycles. The Bertz CT molecular complexity index is 1090. The Labute approximate surface area is 179 Å². The summed E-state index contributed by atoms with van der Waals surface area (Å²) in [6.07, 6.45) is 0. The molecule has 0 aliphatic carbocycles. The van der Waals surface area contributed by atoms with Crippen molar-refractivity contribution in [3.63, 3.8) is 0 Å². The van der Waals surface area contributed by atoms with Gasteiger partial charge in [0.05, 0.1) is 22.9 Å². The number of hydrogen-bond donors (Lipinski definition) is 2. The van der Waals surface area contributed by atoms with Crippen LogP contribution in [0.15, 0.2) is 30.3 Å². The van der Waals surface area contributed by atoms with Gasteiger partial charge < -0.3 is 14.8 Å². The Morgan fingerprint density at radius 3 is 2.50 bits per heavy atom. The zero-order chi connectivity index (χ0) is 20.6. The summed E-state index contributed by atoms with van der Waals surface area (Å²) in [6, 6.07) is 7.25. The zero-order valence-electron chi connectivity index (χ0n) is 14.2. The Morgan fingerprint density at radius 1 is 1.18 bits per heavy atom. The molecule has 0 atom stereocenters. The van der Waals surface area contributed by atoms with Crippen LogP contribution in [-0.2, 0) is 4.74 Å². The second-order valence-corrected chi connectivity index (χ2v) is 7.07. The number of phenols is 1. The van der Waals surface area contributed by atoms with E-state index in [0.29, 0.717) is 0 Å². The van der Waals surface area contributed by atoms with Crippen LogP contribution in [0.1, 0.15) is 33.5 Å². The number of para-hydroxylation sites is 1. The molecule has 0 amide bonds. The standard InChI is InChI=1S/C18H12Cl4N2O4/c1-2-28-18(27)10-7-9(19)17(22)24(10)14-12(20)16(21)23-13(14)15(26)8-5-3-4-6-11(8)25/h3-7,23,25H,2H2,1H3. The number of benzene rings is 1. The number of nitrogens with one attached hydrogen (secondary N) is 1. The van der Waals surface area contributed by atoms with E-state index in [-0.39, 0.29) is 55.3 Å². The number of H-pyrrole nitrogens is 1. The SMILES string of the molecule is CCOC(=O)c1cc(Cl)c(Cl)n1-c1c(C(=O)c2ccccc2O)[nH]c(Cl)c1Cl.